The van der Waals surface area contributed by atoms with Gasteiger partial charge in [0.2, 0.25) is 0 Å². The van der Waals surface area contributed by atoms with Crippen molar-refractivity contribution in [3.63, 3.8) is 0 Å². The minimum Gasteiger partial charge on any atom is -0.315 e. The van der Waals surface area contributed by atoms with E-state index in [-0.39, 0.29) is 0 Å². The Balaban J connectivity index is 2.47. The fraction of sp³-hybridized carbons (Fsp3) is 0.125. The molecule has 2 aromatic rings. The predicted molar refractivity (Wildman–Crippen MR) is 51.9 cm³/mol. The summed E-state index contributed by atoms with van der Waals surface area (Å²) in [5.41, 5.74) is 0.822. The summed E-state index contributed by atoms with van der Waals surface area (Å²) in [4.78, 5) is 4.21. The van der Waals surface area contributed by atoms with Gasteiger partial charge in [-0.1, -0.05) is 0 Å². The molecule has 0 aliphatic rings. The Hall–Kier alpha value is -1.23. The molecule has 0 N–H and O–H groups in total. The maximum Gasteiger partial charge on any atom is 0.182 e. The zero-order valence-corrected chi connectivity index (χ0v) is 8.56. The third-order valence-electron chi connectivity index (χ3n) is 1.67. The van der Waals surface area contributed by atoms with Gasteiger partial charge in [0.25, 0.3) is 0 Å². The van der Waals surface area contributed by atoms with Crippen molar-refractivity contribution in [1.29, 1.82) is 0 Å². The molecule has 0 saturated carbocycles. The lowest BCUT2D eigenvalue weighted by Gasteiger charge is -1.98. The zero-order chi connectivity index (χ0) is 9.26. The lowest BCUT2D eigenvalue weighted by Crippen LogP contribution is -1.92. The quantitative estimate of drug-likeness (QED) is 0.759. The minimum absolute atomic E-state index is 0.771. The van der Waals surface area contributed by atoms with Crippen molar-refractivity contribution in [2.24, 2.45) is 7.05 Å². The monoisotopic (exact) mass is 238 g/mol. The van der Waals surface area contributed by atoms with Crippen LogP contribution in [0, 0.1) is 0 Å². The molecule has 0 atom stereocenters. The molecule has 2 rings (SSSR count). The molecule has 0 aliphatic carbocycles. The third-order valence-corrected chi connectivity index (χ3v) is 2.14. The van der Waals surface area contributed by atoms with E-state index in [1.807, 2.05) is 23.7 Å². The fourth-order valence-electron chi connectivity index (χ4n) is 1.02. The molecule has 5 heteroatoms. The second-order valence-electron chi connectivity index (χ2n) is 2.63. The molecule has 0 radical (unpaired) electrons. The van der Waals surface area contributed by atoms with E-state index in [2.05, 4.69) is 31.1 Å². The van der Waals surface area contributed by atoms with E-state index in [9.17, 15) is 0 Å². The first-order valence-corrected chi connectivity index (χ1v) is 4.52. The maximum absolute atomic E-state index is 4.21. The average molecular weight is 239 g/mol. The number of nitrogens with zero attached hydrogens (tertiary/aromatic N) is 4. The first-order valence-electron chi connectivity index (χ1n) is 3.73. The van der Waals surface area contributed by atoms with Crippen molar-refractivity contribution in [1.82, 2.24) is 19.7 Å². The molecule has 0 amide bonds. The Morgan fingerprint density at radius 1 is 1.38 bits per heavy atom. The van der Waals surface area contributed by atoms with Crippen LogP contribution in [0.2, 0.25) is 0 Å². The Kier molecular flexibility index (Phi) is 2.10. The second kappa shape index (κ2) is 3.26. The number of aromatic nitrogens is 4. The third kappa shape index (κ3) is 1.60. The molecule has 0 aromatic carbocycles. The van der Waals surface area contributed by atoms with Crippen LogP contribution in [0.1, 0.15) is 0 Å². The van der Waals surface area contributed by atoms with Crippen LogP contribution in [-0.2, 0) is 7.05 Å². The van der Waals surface area contributed by atoms with E-state index in [1.54, 1.807) is 12.5 Å². The SMILES string of the molecule is Cn1cnnc1-c1ccc(Br)cn1. The van der Waals surface area contributed by atoms with Gasteiger partial charge in [-0.3, -0.25) is 4.98 Å². The van der Waals surface area contributed by atoms with E-state index < -0.39 is 0 Å². The van der Waals surface area contributed by atoms with Crippen LogP contribution in [0.5, 0.6) is 0 Å². The van der Waals surface area contributed by atoms with Gasteiger partial charge >= 0.3 is 0 Å². The number of hydrogen-bond donors (Lipinski definition) is 0. The van der Waals surface area contributed by atoms with E-state index in [0.29, 0.717) is 0 Å². The normalized spacial score (nSPS) is 10.3. The lowest BCUT2D eigenvalue weighted by atomic mass is 10.3. The summed E-state index contributed by atoms with van der Waals surface area (Å²) in [6, 6.07) is 3.82. The van der Waals surface area contributed by atoms with Gasteiger partial charge in [-0.05, 0) is 28.1 Å². The van der Waals surface area contributed by atoms with Gasteiger partial charge in [0.1, 0.15) is 12.0 Å². The van der Waals surface area contributed by atoms with Crippen LogP contribution in [-0.4, -0.2) is 19.7 Å². The standard InChI is InChI=1S/C8H7BrN4/c1-13-5-11-12-8(13)7-3-2-6(9)4-10-7/h2-5H,1H3. The Morgan fingerprint density at radius 2 is 2.23 bits per heavy atom. The predicted octanol–water partition coefficient (Wildman–Crippen LogP) is 1.64. The summed E-state index contributed by atoms with van der Waals surface area (Å²) in [5.74, 6) is 0.771. The van der Waals surface area contributed by atoms with Gasteiger partial charge in [-0.15, -0.1) is 10.2 Å². The molecule has 4 nitrogen and oxygen atoms in total. The number of aryl methyl sites for hydroxylation is 1. The van der Waals surface area contributed by atoms with E-state index in [0.717, 1.165) is 16.0 Å². The van der Waals surface area contributed by atoms with Crippen molar-refractivity contribution in [2.75, 3.05) is 0 Å². The molecule has 2 aromatic heterocycles. The van der Waals surface area contributed by atoms with Crippen molar-refractivity contribution in [2.45, 2.75) is 0 Å². The number of pyridine rings is 1. The first-order chi connectivity index (χ1) is 6.27. The smallest absolute Gasteiger partial charge is 0.182 e. The summed E-state index contributed by atoms with van der Waals surface area (Å²) in [6.07, 6.45) is 3.39. The van der Waals surface area contributed by atoms with Crippen LogP contribution in [0.4, 0.5) is 0 Å². The van der Waals surface area contributed by atoms with E-state index >= 15 is 0 Å². The van der Waals surface area contributed by atoms with Crippen LogP contribution < -0.4 is 0 Å². The van der Waals surface area contributed by atoms with Gasteiger partial charge in [0, 0.05) is 17.7 Å². The summed E-state index contributed by atoms with van der Waals surface area (Å²) in [7, 11) is 1.89. The molecule has 0 aliphatic heterocycles. The van der Waals surface area contributed by atoms with Gasteiger partial charge in [-0.2, -0.15) is 0 Å². The van der Waals surface area contributed by atoms with Crippen LogP contribution >= 0.6 is 15.9 Å². The fourth-order valence-corrected chi connectivity index (χ4v) is 1.26. The maximum atomic E-state index is 4.21. The summed E-state index contributed by atoms with van der Waals surface area (Å²) < 4.78 is 2.79. The highest BCUT2D eigenvalue weighted by Crippen LogP contribution is 2.15. The van der Waals surface area contributed by atoms with Gasteiger partial charge < -0.3 is 4.57 Å². The molecule has 13 heavy (non-hydrogen) atoms. The zero-order valence-electron chi connectivity index (χ0n) is 6.98. The Labute approximate surface area is 83.8 Å². The molecule has 0 saturated heterocycles. The van der Waals surface area contributed by atoms with Crippen LogP contribution in [0.3, 0.4) is 0 Å². The van der Waals surface area contributed by atoms with Crippen molar-refractivity contribution >= 4 is 15.9 Å². The lowest BCUT2D eigenvalue weighted by molar-refractivity contribution is 0.913. The van der Waals surface area contributed by atoms with Crippen molar-refractivity contribution < 1.29 is 0 Å². The Bertz CT molecular complexity index is 406. The molecule has 0 unspecified atom stereocenters. The number of hydrogen-bond acceptors (Lipinski definition) is 3. The van der Waals surface area contributed by atoms with Gasteiger partial charge in [0.15, 0.2) is 5.82 Å². The molecule has 0 spiro atoms. The van der Waals surface area contributed by atoms with Crippen molar-refractivity contribution in [3.8, 4) is 11.5 Å². The molecule has 2 heterocycles. The average Bonchev–Trinajstić information content (AvgIpc) is 2.53. The summed E-state index contributed by atoms with van der Waals surface area (Å²) in [6.45, 7) is 0. The number of rotatable bonds is 1. The van der Waals surface area contributed by atoms with Gasteiger partial charge in [-0.25, -0.2) is 0 Å². The highest BCUT2D eigenvalue weighted by Gasteiger charge is 2.04. The first kappa shape index (κ1) is 8.37. The van der Waals surface area contributed by atoms with Crippen LogP contribution in [0.25, 0.3) is 11.5 Å². The minimum atomic E-state index is 0.771. The molecule has 0 fully saturated rings. The summed E-state index contributed by atoms with van der Waals surface area (Å²) in [5, 5.41) is 7.73. The largest absolute Gasteiger partial charge is 0.315 e. The summed E-state index contributed by atoms with van der Waals surface area (Å²) >= 11 is 3.32. The van der Waals surface area contributed by atoms with Crippen molar-refractivity contribution in [3.05, 3.63) is 29.1 Å². The second-order valence-corrected chi connectivity index (χ2v) is 3.54. The number of halogens is 1. The molecular weight excluding hydrogens is 232 g/mol. The van der Waals surface area contributed by atoms with Crippen LogP contribution in [0.15, 0.2) is 29.1 Å². The van der Waals surface area contributed by atoms with E-state index in [1.165, 1.54) is 0 Å². The molecular formula is C8H7BrN4. The van der Waals surface area contributed by atoms with E-state index in [4.69, 9.17) is 0 Å². The highest BCUT2D eigenvalue weighted by molar-refractivity contribution is 9.10. The molecule has 66 valence electrons. The highest BCUT2D eigenvalue weighted by atomic mass is 79.9. The van der Waals surface area contributed by atoms with Gasteiger partial charge in [0.05, 0.1) is 0 Å². The molecule has 0 bridgehead atoms. The Morgan fingerprint density at radius 3 is 2.77 bits per heavy atom. The topological polar surface area (TPSA) is 43.6 Å².